The lowest BCUT2D eigenvalue weighted by atomic mass is 9.94. The Kier molecular flexibility index (Phi) is 4.94. The van der Waals surface area contributed by atoms with Crippen LogP contribution in [-0.2, 0) is 16.1 Å². The van der Waals surface area contributed by atoms with Gasteiger partial charge in [-0.25, -0.2) is 0 Å². The van der Waals surface area contributed by atoms with E-state index in [9.17, 15) is 19.8 Å². The van der Waals surface area contributed by atoms with Crippen LogP contribution in [0.1, 0.15) is 27.6 Å². The van der Waals surface area contributed by atoms with Crippen LogP contribution in [0.25, 0.3) is 5.76 Å². The maximum Gasteiger partial charge on any atom is 0.295 e. The number of carbonyl (C=O) groups is 2. The number of ketones is 1. The Labute approximate surface area is 172 Å². The molecule has 1 fully saturated rings. The Morgan fingerprint density at radius 3 is 2.41 bits per heavy atom. The number of thiophene rings is 1. The Balaban J connectivity index is 1.89. The van der Waals surface area contributed by atoms with Gasteiger partial charge < -0.3 is 15.1 Å². The SMILES string of the molecule is Cc1ccc(/C(O)=C2\C(=O)C(=O)N(Cc3cccs3)C2c2ccccc2O)cc1. The Bertz CT molecular complexity index is 1100. The number of phenols is 1. The van der Waals surface area contributed by atoms with Gasteiger partial charge >= 0.3 is 0 Å². The minimum atomic E-state index is -0.875. The molecule has 1 saturated heterocycles. The van der Waals surface area contributed by atoms with E-state index >= 15 is 0 Å². The molecule has 6 heteroatoms. The number of aliphatic hydroxyl groups excluding tert-OH is 1. The van der Waals surface area contributed by atoms with Gasteiger partial charge in [-0.1, -0.05) is 54.1 Å². The fourth-order valence-electron chi connectivity index (χ4n) is 3.52. The van der Waals surface area contributed by atoms with Crippen LogP contribution < -0.4 is 0 Å². The van der Waals surface area contributed by atoms with Crippen molar-refractivity contribution in [2.24, 2.45) is 0 Å². The molecule has 2 N–H and O–H groups in total. The van der Waals surface area contributed by atoms with Gasteiger partial charge in [0.25, 0.3) is 11.7 Å². The smallest absolute Gasteiger partial charge is 0.295 e. The van der Waals surface area contributed by atoms with Crippen LogP contribution >= 0.6 is 11.3 Å². The minimum absolute atomic E-state index is 0.0168. The quantitative estimate of drug-likeness (QED) is 0.384. The first kappa shape index (κ1) is 19.0. The van der Waals surface area contributed by atoms with Crippen molar-refractivity contribution in [2.45, 2.75) is 19.5 Å². The number of hydrogen-bond acceptors (Lipinski definition) is 5. The zero-order valence-electron chi connectivity index (χ0n) is 15.7. The molecule has 0 saturated carbocycles. The molecular weight excluding hydrogens is 386 g/mol. The van der Waals surface area contributed by atoms with Crippen LogP contribution in [0.4, 0.5) is 0 Å². The summed E-state index contributed by atoms with van der Waals surface area (Å²) in [5, 5.41) is 23.3. The molecule has 3 aromatic rings. The average Bonchev–Trinajstić information content (AvgIpc) is 3.31. The van der Waals surface area contributed by atoms with Gasteiger partial charge in [-0.2, -0.15) is 0 Å². The van der Waals surface area contributed by atoms with Crippen LogP contribution in [0.2, 0.25) is 0 Å². The molecule has 1 unspecified atom stereocenters. The molecule has 4 rings (SSSR count). The summed E-state index contributed by atoms with van der Waals surface area (Å²) in [7, 11) is 0. The number of Topliss-reactive ketones (excluding diaryl/α,β-unsaturated/α-hetero) is 1. The van der Waals surface area contributed by atoms with E-state index in [1.807, 2.05) is 36.6 Å². The van der Waals surface area contributed by atoms with Gasteiger partial charge in [0.2, 0.25) is 0 Å². The number of para-hydroxylation sites is 1. The average molecular weight is 405 g/mol. The fraction of sp³-hybridized carbons (Fsp3) is 0.130. The Morgan fingerprint density at radius 2 is 1.76 bits per heavy atom. The van der Waals surface area contributed by atoms with Crippen molar-refractivity contribution >= 4 is 28.8 Å². The molecule has 0 spiro atoms. The highest BCUT2D eigenvalue weighted by Crippen LogP contribution is 2.43. The zero-order chi connectivity index (χ0) is 20.5. The van der Waals surface area contributed by atoms with E-state index in [2.05, 4.69) is 0 Å². The Hall–Kier alpha value is -3.38. The number of aryl methyl sites for hydroxylation is 1. The number of amides is 1. The molecule has 29 heavy (non-hydrogen) atoms. The maximum atomic E-state index is 12.9. The second kappa shape index (κ2) is 7.56. The standard InChI is InChI=1S/C23H19NO4S/c1-14-8-10-15(11-9-14)21(26)19-20(17-6-2-3-7-18(17)25)24(23(28)22(19)27)13-16-5-4-12-29-16/h2-12,20,25-26H,13H2,1H3/b21-19+. The summed E-state index contributed by atoms with van der Waals surface area (Å²) in [5.74, 6) is -1.73. The summed E-state index contributed by atoms with van der Waals surface area (Å²) in [6.07, 6.45) is 0. The van der Waals surface area contributed by atoms with E-state index in [1.54, 1.807) is 30.3 Å². The van der Waals surface area contributed by atoms with E-state index in [0.717, 1.165) is 10.4 Å². The molecule has 1 aromatic heterocycles. The van der Waals surface area contributed by atoms with Gasteiger partial charge in [-0.15, -0.1) is 11.3 Å². The molecular formula is C23H19NO4S. The van der Waals surface area contributed by atoms with Crippen LogP contribution in [0.5, 0.6) is 5.75 Å². The van der Waals surface area contributed by atoms with Crippen LogP contribution in [0.3, 0.4) is 0 Å². The molecule has 5 nitrogen and oxygen atoms in total. The zero-order valence-corrected chi connectivity index (χ0v) is 16.5. The number of benzene rings is 2. The van der Waals surface area contributed by atoms with Crippen molar-refractivity contribution < 1.29 is 19.8 Å². The summed E-state index contributed by atoms with van der Waals surface area (Å²) in [5.41, 5.74) is 1.84. The van der Waals surface area contributed by atoms with E-state index in [4.69, 9.17) is 0 Å². The molecule has 0 aliphatic carbocycles. The number of carbonyl (C=O) groups excluding carboxylic acids is 2. The van der Waals surface area contributed by atoms with Crippen molar-refractivity contribution in [1.29, 1.82) is 0 Å². The number of likely N-dealkylation sites (tertiary alicyclic amines) is 1. The van der Waals surface area contributed by atoms with E-state index in [0.29, 0.717) is 11.1 Å². The van der Waals surface area contributed by atoms with Crippen molar-refractivity contribution in [3.63, 3.8) is 0 Å². The molecule has 0 bridgehead atoms. The third kappa shape index (κ3) is 3.43. The van der Waals surface area contributed by atoms with Gasteiger partial charge in [-0.3, -0.25) is 9.59 Å². The van der Waals surface area contributed by atoms with Gasteiger partial charge in [0.1, 0.15) is 11.5 Å². The lowest BCUT2D eigenvalue weighted by Crippen LogP contribution is -2.28. The molecule has 1 atom stereocenters. The summed E-state index contributed by atoms with van der Waals surface area (Å²) < 4.78 is 0. The summed E-state index contributed by atoms with van der Waals surface area (Å²) >= 11 is 1.48. The van der Waals surface area contributed by atoms with E-state index in [-0.39, 0.29) is 23.6 Å². The highest BCUT2D eigenvalue weighted by molar-refractivity contribution is 7.09. The predicted molar refractivity (Wildman–Crippen MR) is 111 cm³/mol. The first-order chi connectivity index (χ1) is 14.0. The summed E-state index contributed by atoms with van der Waals surface area (Å²) in [6.45, 7) is 2.14. The maximum absolute atomic E-state index is 12.9. The molecule has 2 heterocycles. The van der Waals surface area contributed by atoms with E-state index < -0.39 is 17.7 Å². The number of phenolic OH excluding ortho intramolecular Hbond substituents is 1. The van der Waals surface area contributed by atoms with E-state index in [1.165, 1.54) is 22.3 Å². The topological polar surface area (TPSA) is 77.8 Å². The predicted octanol–water partition coefficient (Wildman–Crippen LogP) is 4.38. The first-order valence-electron chi connectivity index (χ1n) is 9.13. The number of aromatic hydroxyl groups is 1. The fourth-order valence-corrected chi connectivity index (χ4v) is 4.23. The molecule has 1 amide bonds. The number of rotatable bonds is 4. The normalized spacial score (nSPS) is 18.4. The molecule has 1 aliphatic rings. The van der Waals surface area contributed by atoms with Crippen molar-refractivity contribution in [1.82, 2.24) is 4.90 Å². The summed E-state index contributed by atoms with van der Waals surface area (Å²) in [4.78, 5) is 28.1. The van der Waals surface area contributed by atoms with Crippen LogP contribution in [-0.4, -0.2) is 26.8 Å². The largest absolute Gasteiger partial charge is 0.508 e. The second-order valence-electron chi connectivity index (χ2n) is 6.93. The lowest BCUT2D eigenvalue weighted by molar-refractivity contribution is -0.140. The van der Waals surface area contributed by atoms with Gasteiger partial charge in [0.15, 0.2) is 0 Å². The highest BCUT2D eigenvalue weighted by Gasteiger charge is 2.47. The summed E-state index contributed by atoms with van der Waals surface area (Å²) in [6, 6.07) is 16.5. The highest BCUT2D eigenvalue weighted by atomic mass is 32.1. The third-order valence-corrected chi connectivity index (χ3v) is 5.86. The molecule has 0 radical (unpaired) electrons. The lowest BCUT2D eigenvalue weighted by Gasteiger charge is -2.25. The van der Waals surface area contributed by atoms with Gasteiger partial charge in [0.05, 0.1) is 18.2 Å². The van der Waals surface area contributed by atoms with Crippen LogP contribution in [0, 0.1) is 6.92 Å². The van der Waals surface area contributed by atoms with Crippen molar-refractivity contribution in [2.75, 3.05) is 0 Å². The number of hydrogen-bond donors (Lipinski definition) is 2. The third-order valence-electron chi connectivity index (χ3n) is 5.00. The van der Waals surface area contributed by atoms with Gasteiger partial charge in [0, 0.05) is 16.0 Å². The van der Waals surface area contributed by atoms with Crippen molar-refractivity contribution in [3.05, 3.63) is 93.2 Å². The first-order valence-corrected chi connectivity index (χ1v) is 10.0. The molecule has 146 valence electrons. The minimum Gasteiger partial charge on any atom is -0.508 e. The van der Waals surface area contributed by atoms with Crippen LogP contribution in [0.15, 0.2) is 71.6 Å². The molecule has 1 aliphatic heterocycles. The second-order valence-corrected chi connectivity index (χ2v) is 7.96. The number of aliphatic hydroxyl groups is 1. The molecule has 2 aromatic carbocycles. The monoisotopic (exact) mass is 405 g/mol. The van der Waals surface area contributed by atoms with Gasteiger partial charge in [-0.05, 0) is 24.4 Å². The number of nitrogens with zero attached hydrogens (tertiary/aromatic N) is 1. The van der Waals surface area contributed by atoms with Crippen molar-refractivity contribution in [3.8, 4) is 5.75 Å². The Morgan fingerprint density at radius 1 is 1.03 bits per heavy atom.